The molecule has 1 unspecified atom stereocenters. The third-order valence-corrected chi connectivity index (χ3v) is 5.87. The van der Waals surface area contributed by atoms with E-state index < -0.39 is 37.1 Å². The maximum Gasteiger partial charge on any atom is 0.125 e. The molecule has 1 heterocycles. The summed E-state index contributed by atoms with van der Waals surface area (Å²) in [5.41, 5.74) is 0.612. The largest absolute Gasteiger partial charge is 0.493 e. The van der Waals surface area contributed by atoms with Gasteiger partial charge in [-0.05, 0) is 12.5 Å². The third kappa shape index (κ3) is 7.50. The summed E-state index contributed by atoms with van der Waals surface area (Å²) in [5.74, 6) is 0.595. The minimum Gasteiger partial charge on any atom is -0.493 e. The molecule has 0 bridgehead atoms. The van der Waals surface area contributed by atoms with Crippen molar-refractivity contribution in [3.05, 3.63) is 29.8 Å². The quantitative estimate of drug-likeness (QED) is 0.341. The molecule has 0 saturated carbocycles. The zero-order valence-corrected chi connectivity index (χ0v) is 18.3. The first-order valence-corrected chi connectivity index (χ1v) is 11.6. The average Bonchev–Trinajstić information content (AvgIpc) is 2.76. The summed E-state index contributed by atoms with van der Waals surface area (Å²) in [5, 5.41) is 39.8. The van der Waals surface area contributed by atoms with Crippen molar-refractivity contribution in [1.82, 2.24) is 0 Å². The van der Waals surface area contributed by atoms with Crippen LogP contribution in [0.25, 0.3) is 0 Å². The van der Waals surface area contributed by atoms with Crippen molar-refractivity contribution < 1.29 is 29.9 Å². The zero-order valence-electron chi connectivity index (χ0n) is 18.3. The Balaban J connectivity index is 1.75. The maximum atomic E-state index is 10.4. The fourth-order valence-electron chi connectivity index (χ4n) is 3.98. The molecule has 1 aromatic rings. The van der Waals surface area contributed by atoms with Crippen LogP contribution in [0.1, 0.15) is 82.8 Å². The average molecular weight is 425 g/mol. The van der Waals surface area contributed by atoms with Crippen molar-refractivity contribution in [2.45, 2.75) is 102 Å². The van der Waals surface area contributed by atoms with Gasteiger partial charge in [0.2, 0.25) is 0 Å². The molecule has 1 saturated heterocycles. The van der Waals surface area contributed by atoms with Crippen LogP contribution in [-0.4, -0.2) is 58.1 Å². The summed E-state index contributed by atoms with van der Waals surface area (Å²) in [6.07, 6.45) is 6.71. The first-order chi connectivity index (χ1) is 14.6. The monoisotopic (exact) mass is 424 g/mol. The van der Waals surface area contributed by atoms with E-state index in [4.69, 9.17) is 9.47 Å². The van der Waals surface area contributed by atoms with Crippen molar-refractivity contribution in [3.8, 4) is 5.75 Å². The number of para-hydroxylation sites is 1. The third-order valence-electron chi connectivity index (χ3n) is 5.87. The normalized spacial score (nSPS) is 26.6. The Hall–Kier alpha value is -1.18. The Kier molecular flexibility index (Phi) is 11.7. The number of unbranched alkanes of at least 4 members (excludes halogenated alkanes) is 9. The van der Waals surface area contributed by atoms with Crippen molar-refractivity contribution in [3.63, 3.8) is 0 Å². The SMILES string of the molecule is CCCCCCCCCCCCOc1ccccc1C1O[C@H](CO)[C@@H](O)[C@H](O)[C@H]1O. The van der Waals surface area contributed by atoms with Crippen LogP contribution in [0.4, 0.5) is 0 Å². The van der Waals surface area contributed by atoms with E-state index in [1.165, 1.54) is 51.4 Å². The van der Waals surface area contributed by atoms with Gasteiger partial charge in [0.25, 0.3) is 0 Å². The van der Waals surface area contributed by atoms with Crippen molar-refractivity contribution >= 4 is 0 Å². The highest BCUT2D eigenvalue weighted by atomic mass is 16.5. The summed E-state index contributed by atoms with van der Waals surface area (Å²) in [6, 6.07) is 7.25. The molecule has 30 heavy (non-hydrogen) atoms. The molecule has 6 heteroatoms. The predicted octanol–water partition coefficient (Wildman–Crippen LogP) is 3.50. The number of hydrogen-bond acceptors (Lipinski definition) is 6. The van der Waals surface area contributed by atoms with Crippen LogP contribution in [0.2, 0.25) is 0 Å². The van der Waals surface area contributed by atoms with Gasteiger partial charge in [-0.25, -0.2) is 0 Å². The van der Waals surface area contributed by atoms with Gasteiger partial charge in [-0.1, -0.05) is 82.9 Å². The second-order valence-corrected chi connectivity index (χ2v) is 8.32. The number of benzene rings is 1. The van der Waals surface area contributed by atoms with E-state index in [-0.39, 0.29) is 0 Å². The molecule has 1 fully saturated rings. The molecule has 172 valence electrons. The fourth-order valence-corrected chi connectivity index (χ4v) is 3.98. The Morgan fingerprint density at radius 2 is 1.40 bits per heavy atom. The van der Waals surface area contributed by atoms with E-state index >= 15 is 0 Å². The molecule has 0 aliphatic carbocycles. The van der Waals surface area contributed by atoms with E-state index in [0.717, 1.165) is 12.8 Å². The summed E-state index contributed by atoms with van der Waals surface area (Å²) in [6.45, 7) is 2.37. The van der Waals surface area contributed by atoms with Gasteiger partial charge >= 0.3 is 0 Å². The van der Waals surface area contributed by atoms with E-state index in [1.54, 1.807) is 6.07 Å². The smallest absolute Gasteiger partial charge is 0.125 e. The lowest BCUT2D eigenvalue weighted by molar-refractivity contribution is -0.232. The van der Waals surface area contributed by atoms with Gasteiger partial charge in [-0.15, -0.1) is 0 Å². The lowest BCUT2D eigenvalue weighted by Crippen LogP contribution is -2.55. The van der Waals surface area contributed by atoms with Gasteiger partial charge in [-0.3, -0.25) is 0 Å². The van der Waals surface area contributed by atoms with Crippen molar-refractivity contribution in [2.24, 2.45) is 0 Å². The van der Waals surface area contributed by atoms with E-state index in [0.29, 0.717) is 17.9 Å². The molecule has 2 rings (SSSR count). The van der Waals surface area contributed by atoms with Crippen molar-refractivity contribution in [2.75, 3.05) is 13.2 Å². The molecule has 1 aromatic carbocycles. The minimum absolute atomic E-state index is 0.441. The Morgan fingerprint density at radius 1 is 0.800 bits per heavy atom. The minimum atomic E-state index is -1.39. The zero-order chi connectivity index (χ0) is 21.8. The van der Waals surface area contributed by atoms with Crippen LogP contribution >= 0.6 is 0 Å². The van der Waals surface area contributed by atoms with Crippen LogP contribution in [-0.2, 0) is 4.74 Å². The predicted molar refractivity (Wildman–Crippen MR) is 117 cm³/mol. The van der Waals surface area contributed by atoms with Crippen LogP contribution in [0.15, 0.2) is 24.3 Å². The van der Waals surface area contributed by atoms with E-state index in [2.05, 4.69) is 6.92 Å². The summed E-state index contributed by atoms with van der Waals surface area (Å²) in [4.78, 5) is 0. The molecule has 0 spiro atoms. The van der Waals surface area contributed by atoms with E-state index in [1.807, 2.05) is 18.2 Å². The van der Waals surface area contributed by atoms with Gasteiger partial charge in [0.15, 0.2) is 0 Å². The summed E-state index contributed by atoms with van der Waals surface area (Å²) in [7, 11) is 0. The number of aliphatic hydroxyl groups excluding tert-OH is 4. The van der Waals surface area contributed by atoms with Gasteiger partial charge in [-0.2, -0.15) is 0 Å². The topological polar surface area (TPSA) is 99.4 Å². The second-order valence-electron chi connectivity index (χ2n) is 8.32. The lowest BCUT2D eigenvalue weighted by Gasteiger charge is -2.40. The first-order valence-electron chi connectivity index (χ1n) is 11.6. The number of aliphatic hydroxyl groups is 4. The molecule has 4 N–H and O–H groups in total. The van der Waals surface area contributed by atoms with Gasteiger partial charge in [0.1, 0.15) is 36.3 Å². The molecule has 0 radical (unpaired) electrons. The molecule has 1 aliphatic rings. The maximum absolute atomic E-state index is 10.4. The number of hydrogen-bond donors (Lipinski definition) is 4. The fraction of sp³-hybridized carbons (Fsp3) is 0.750. The van der Waals surface area contributed by atoms with Crippen molar-refractivity contribution in [1.29, 1.82) is 0 Å². The molecular weight excluding hydrogens is 384 g/mol. The molecular formula is C24H40O6. The molecule has 6 nitrogen and oxygen atoms in total. The highest BCUT2D eigenvalue weighted by Gasteiger charge is 2.44. The Bertz CT molecular complexity index is 579. The molecule has 0 aromatic heterocycles. The van der Waals surface area contributed by atoms with E-state index in [9.17, 15) is 20.4 Å². The van der Waals surface area contributed by atoms with Crippen LogP contribution < -0.4 is 4.74 Å². The Morgan fingerprint density at radius 3 is 2.03 bits per heavy atom. The summed E-state index contributed by atoms with van der Waals surface area (Å²) >= 11 is 0. The first kappa shape index (κ1) is 25.1. The summed E-state index contributed by atoms with van der Waals surface area (Å²) < 4.78 is 11.6. The standard InChI is InChI=1S/C24H40O6/c1-2-3-4-5-6-7-8-9-10-13-16-29-19-15-12-11-14-18(19)24-23(28)22(27)21(26)20(17-25)30-24/h11-12,14-15,20-28H,2-10,13,16-17H2,1H3/t20-,21-,22+,23-,24?/m1/s1. The van der Waals surface area contributed by atoms with Crippen LogP contribution in [0.3, 0.4) is 0 Å². The van der Waals surface area contributed by atoms with Gasteiger partial charge in [0, 0.05) is 5.56 Å². The Labute approximate surface area is 180 Å². The number of ether oxygens (including phenoxy) is 2. The second kappa shape index (κ2) is 14.0. The van der Waals surface area contributed by atoms with Crippen LogP contribution in [0.5, 0.6) is 5.75 Å². The highest BCUT2D eigenvalue weighted by molar-refractivity contribution is 5.36. The molecule has 5 atom stereocenters. The van der Waals surface area contributed by atoms with Crippen LogP contribution in [0, 0.1) is 0 Å². The molecule has 1 aliphatic heterocycles. The van der Waals surface area contributed by atoms with Gasteiger partial charge < -0.3 is 29.9 Å². The number of rotatable bonds is 14. The molecule has 0 amide bonds. The lowest BCUT2D eigenvalue weighted by atomic mass is 9.91. The highest BCUT2D eigenvalue weighted by Crippen LogP contribution is 2.36. The van der Waals surface area contributed by atoms with Gasteiger partial charge in [0.05, 0.1) is 13.2 Å².